The van der Waals surface area contributed by atoms with Gasteiger partial charge in [-0.3, -0.25) is 9.69 Å². The van der Waals surface area contributed by atoms with E-state index in [1.54, 1.807) is 0 Å². The number of carbonyl (C=O) groups is 1. The third-order valence-corrected chi connectivity index (χ3v) is 9.29. The molecule has 0 radical (unpaired) electrons. The lowest BCUT2D eigenvalue weighted by Crippen LogP contribution is -2.48. The fourth-order valence-corrected chi connectivity index (χ4v) is 6.68. The van der Waals surface area contributed by atoms with Gasteiger partial charge in [-0.1, -0.05) is 32.0 Å². The van der Waals surface area contributed by atoms with Crippen LogP contribution in [0.1, 0.15) is 64.7 Å². The largest absolute Gasteiger partial charge is 0.456 e. The number of amides is 1. The van der Waals surface area contributed by atoms with E-state index in [-0.39, 0.29) is 5.91 Å². The molecule has 2 aromatic carbocycles. The number of hydrogen-bond acceptors (Lipinski definition) is 4. The van der Waals surface area contributed by atoms with Crippen molar-refractivity contribution >= 4 is 22.6 Å². The lowest BCUT2D eigenvalue weighted by molar-refractivity contribution is 0.0635. The van der Waals surface area contributed by atoms with Crippen LogP contribution in [0.2, 0.25) is 0 Å². The van der Waals surface area contributed by atoms with Crippen LogP contribution in [0, 0.1) is 5.92 Å². The van der Waals surface area contributed by atoms with Gasteiger partial charge in [0, 0.05) is 79.2 Å². The highest BCUT2D eigenvalue weighted by molar-refractivity contribution is 6.09. The van der Waals surface area contributed by atoms with Crippen molar-refractivity contribution < 1.29 is 9.21 Å². The smallest absolute Gasteiger partial charge is 0.254 e. The van der Waals surface area contributed by atoms with E-state index in [1.165, 1.54) is 12.8 Å². The Morgan fingerprint density at radius 1 is 0.886 bits per heavy atom. The first-order valence-electron chi connectivity index (χ1n) is 16.8. The number of fused-ring (bicyclic) bond motifs is 2. The van der Waals surface area contributed by atoms with Crippen molar-refractivity contribution in [3.05, 3.63) is 71.6 Å². The normalized spacial score (nSPS) is 14.1. The highest BCUT2D eigenvalue weighted by Gasteiger charge is 2.27. The van der Waals surface area contributed by atoms with Crippen LogP contribution in [0.25, 0.3) is 33.4 Å². The highest BCUT2D eigenvalue weighted by Crippen LogP contribution is 2.42. The third kappa shape index (κ3) is 6.71. The first kappa shape index (κ1) is 31.8. The molecule has 0 spiro atoms. The average Bonchev–Trinajstić information content (AvgIpc) is 3.04. The number of piperazine rings is 1. The molecule has 0 aromatic heterocycles. The Morgan fingerprint density at radius 2 is 1.61 bits per heavy atom. The van der Waals surface area contributed by atoms with E-state index < -0.39 is 0 Å². The van der Waals surface area contributed by atoms with Crippen LogP contribution in [-0.4, -0.2) is 74.6 Å². The second-order valence-corrected chi connectivity index (χ2v) is 12.4. The molecule has 6 nitrogen and oxygen atoms in total. The fraction of sp³-hybridized carbons (Fsp3) is 0.474. The van der Waals surface area contributed by atoms with E-state index >= 15 is 0 Å². The van der Waals surface area contributed by atoms with Crippen LogP contribution in [-0.2, 0) is 0 Å². The Labute approximate surface area is 263 Å². The van der Waals surface area contributed by atoms with Crippen molar-refractivity contribution in [3.63, 3.8) is 0 Å². The molecule has 2 aromatic rings. The lowest BCUT2D eigenvalue weighted by atomic mass is 9.90. The molecule has 0 unspecified atom stereocenters. The zero-order chi connectivity index (χ0) is 31.2. The van der Waals surface area contributed by atoms with Gasteiger partial charge in [-0.05, 0) is 82.8 Å². The number of benzene rings is 3. The fourth-order valence-electron chi connectivity index (χ4n) is 6.68. The zero-order valence-electron chi connectivity index (χ0n) is 27.7. The van der Waals surface area contributed by atoms with Crippen LogP contribution in [0.3, 0.4) is 0 Å². The van der Waals surface area contributed by atoms with Gasteiger partial charge in [-0.25, -0.2) is 4.58 Å². The van der Waals surface area contributed by atoms with Crippen molar-refractivity contribution in [3.8, 4) is 22.5 Å². The van der Waals surface area contributed by atoms with Gasteiger partial charge in [0.1, 0.15) is 24.4 Å². The number of anilines is 1. The summed E-state index contributed by atoms with van der Waals surface area (Å²) in [6, 6.07) is 21.2. The molecule has 1 saturated heterocycles. The van der Waals surface area contributed by atoms with Crippen LogP contribution in [0.5, 0.6) is 0 Å². The Morgan fingerprint density at radius 3 is 2.30 bits per heavy atom. The Hall–Kier alpha value is -3.64. The summed E-state index contributed by atoms with van der Waals surface area (Å²) < 4.78 is 9.03. The topological polar surface area (TPSA) is 42.9 Å². The van der Waals surface area contributed by atoms with Crippen molar-refractivity contribution in [2.24, 2.45) is 5.92 Å². The van der Waals surface area contributed by atoms with Crippen molar-refractivity contribution in [1.82, 2.24) is 14.4 Å². The summed E-state index contributed by atoms with van der Waals surface area (Å²) in [4.78, 5) is 21.1. The molecule has 1 aliphatic carbocycles. The number of rotatable bonds is 11. The van der Waals surface area contributed by atoms with Crippen LogP contribution in [0.4, 0.5) is 5.69 Å². The maximum atomic E-state index is 14.2. The molecule has 1 fully saturated rings. The molecule has 5 rings (SSSR count). The predicted octanol–water partition coefficient (Wildman–Crippen LogP) is 7.06. The summed E-state index contributed by atoms with van der Waals surface area (Å²) in [6.07, 6.45) is 2.48. The standard InChI is InChI=1S/C38H51N4O2/c1-7-40(8-2)29-17-19-33-35(26-29)44-36-27-30(41(9-3)10-4)18-20-34(36)37(33)31-15-11-12-16-32(31)38(43)42-24-22-39(23-25-42)21-13-14-28(5)6/h11-12,15-20,26-28H,7-10,13-14,21-25H2,1-6H3/q+1. The molecule has 2 aliphatic heterocycles. The van der Waals surface area contributed by atoms with Crippen molar-refractivity contribution in [2.45, 2.75) is 54.4 Å². The van der Waals surface area contributed by atoms with E-state index in [9.17, 15) is 4.79 Å². The molecule has 0 atom stereocenters. The maximum absolute atomic E-state index is 14.2. The van der Waals surface area contributed by atoms with Gasteiger partial charge >= 0.3 is 0 Å². The van der Waals surface area contributed by atoms with E-state index in [0.717, 1.165) is 115 Å². The molecule has 0 N–H and O–H groups in total. The molecule has 0 bridgehead atoms. The molecule has 234 valence electrons. The molecule has 6 heteroatoms. The third-order valence-electron chi connectivity index (χ3n) is 9.29. The Kier molecular flexibility index (Phi) is 10.4. The molecule has 1 amide bonds. The number of hydrogen-bond donors (Lipinski definition) is 0. The van der Waals surface area contributed by atoms with E-state index in [4.69, 9.17) is 4.42 Å². The SMILES string of the molecule is CCN(CC)c1ccc2c(-c3ccccc3C(=O)N3CCN(CCCC(C)C)CC3)c3ccc(=[N+](CC)CC)cc-3oc2c1. The summed E-state index contributed by atoms with van der Waals surface area (Å²) in [5.41, 5.74) is 5.80. The van der Waals surface area contributed by atoms with E-state index in [1.807, 2.05) is 17.0 Å². The Bertz CT molecular complexity index is 1600. The molecule has 2 heterocycles. The minimum atomic E-state index is 0.115. The zero-order valence-corrected chi connectivity index (χ0v) is 27.7. The van der Waals surface area contributed by atoms with Gasteiger partial charge in [-0.15, -0.1) is 0 Å². The number of carbonyl (C=O) groups excluding carboxylic acids is 1. The molecular weight excluding hydrogens is 544 g/mol. The summed E-state index contributed by atoms with van der Waals surface area (Å²) >= 11 is 0. The summed E-state index contributed by atoms with van der Waals surface area (Å²) in [5.74, 6) is 1.69. The van der Waals surface area contributed by atoms with Crippen LogP contribution >= 0.6 is 0 Å². The van der Waals surface area contributed by atoms with Gasteiger partial charge in [0.05, 0.1) is 6.07 Å². The van der Waals surface area contributed by atoms with Gasteiger partial charge in [0.15, 0.2) is 0 Å². The predicted molar refractivity (Wildman–Crippen MR) is 185 cm³/mol. The van der Waals surface area contributed by atoms with Gasteiger partial charge in [0.25, 0.3) is 5.91 Å². The van der Waals surface area contributed by atoms with E-state index in [0.29, 0.717) is 0 Å². The summed E-state index contributed by atoms with van der Waals surface area (Å²) in [7, 11) is 0. The van der Waals surface area contributed by atoms with E-state index in [2.05, 4.69) is 104 Å². The lowest BCUT2D eigenvalue weighted by Gasteiger charge is -2.35. The second kappa shape index (κ2) is 14.4. The van der Waals surface area contributed by atoms with Crippen LogP contribution in [0.15, 0.2) is 65.1 Å². The minimum Gasteiger partial charge on any atom is -0.456 e. The monoisotopic (exact) mass is 595 g/mol. The molecule has 3 aliphatic rings. The first-order valence-corrected chi connectivity index (χ1v) is 16.8. The average molecular weight is 596 g/mol. The molecular formula is C38H51N4O2+. The van der Waals surface area contributed by atoms with Gasteiger partial charge in [0.2, 0.25) is 5.36 Å². The number of nitrogens with zero attached hydrogens (tertiary/aromatic N) is 4. The minimum absolute atomic E-state index is 0.115. The summed E-state index contributed by atoms with van der Waals surface area (Å²) in [5, 5.41) is 2.17. The first-order chi connectivity index (χ1) is 21.4. The van der Waals surface area contributed by atoms with Crippen molar-refractivity contribution in [1.29, 1.82) is 0 Å². The Balaban J connectivity index is 1.59. The van der Waals surface area contributed by atoms with Crippen molar-refractivity contribution in [2.75, 3.05) is 63.8 Å². The summed E-state index contributed by atoms with van der Waals surface area (Å²) in [6.45, 7) is 21.5. The highest BCUT2D eigenvalue weighted by atomic mass is 16.3. The molecule has 0 saturated carbocycles. The van der Waals surface area contributed by atoms with Gasteiger partial charge < -0.3 is 14.2 Å². The quantitative estimate of drug-likeness (QED) is 0.138. The van der Waals surface area contributed by atoms with Crippen LogP contribution < -0.4 is 14.8 Å². The molecule has 44 heavy (non-hydrogen) atoms. The van der Waals surface area contributed by atoms with Gasteiger partial charge in [-0.2, -0.15) is 0 Å². The maximum Gasteiger partial charge on any atom is 0.254 e. The second-order valence-electron chi connectivity index (χ2n) is 12.4.